The summed E-state index contributed by atoms with van der Waals surface area (Å²) in [5.74, 6) is -1.19. The van der Waals surface area contributed by atoms with E-state index in [2.05, 4.69) is 15.8 Å². The van der Waals surface area contributed by atoms with Gasteiger partial charge in [0.05, 0.1) is 16.9 Å². The molecule has 0 fully saturated rings. The molecule has 3 aromatic carbocycles. The Labute approximate surface area is 187 Å². The van der Waals surface area contributed by atoms with Crippen molar-refractivity contribution < 1.29 is 18.7 Å². The number of hydrogen-bond donors (Lipinski definition) is 2. The summed E-state index contributed by atoms with van der Waals surface area (Å²) in [6.45, 7) is -0.349. The number of amides is 2. The van der Waals surface area contributed by atoms with Crippen LogP contribution in [-0.4, -0.2) is 24.6 Å². The Morgan fingerprint density at radius 1 is 1.03 bits per heavy atom. The molecule has 0 aliphatic rings. The summed E-state index contributed by atoms with van der Waals surface area (Å²) < 4.78 is 18.9. The molecular weight excluding hydrogens is 444 g/mol. The molecular formula is C22H16Cl2FN3O3. The first-order valence-electron chi connectivity index (χ1n) is 8.98. The Bertz CT molecular complexity index is 1120. The first-order chi connectivity index (χ1) is 14.9. The quantitative estimate of drug-likeness (QED) is 0.388. The minimum atomic E-state index is -0.541. The molecule has 0 spiro atoms. The number of halogens is 3. The third kappa shape index (κ3) is 6.53. The van der Waals surface area contributed by atoms with Crippen molar-refractivity contribution >= 4 is 46.9 Å². The van der Waals surface area contributed by atoms with E-state index in [0.717, 1.165) is 0 Å². The van der Waals surface area contributed by atoms with Crippen molar-refractivity contribution in [2.45, 2.75) is 0 Å². The fourth-order valence-corrected chi connectivity index (χ4v) is 2.81. The number of hydrazone groups is 1. The number of carbonyl (C=O) groups excluding carboxylic acids is 2. The van der Waals surface area contributed by atoms with Gasteiger partial charge in [-0.25, -0.2) is 9.82 Å². The molecule has 0 unspecified atom stereocenters. The average Bonchev–Trinajstić information content (AvgIpc) is 2.75. The SMILES string of the molecule is O=C(COc1ccc(/C=N/NC(=O)c2ccc(Cl)cc2)cc1Cl)Nc1ccccc1F. The van der Waals surface area contributed by atoms with E-state index in [9.17, 15) is 14.0 Å². The lowest BCUT2D eigenvalue weighted by molar-refractivity contribution is -0.118. The minimum absolute atomic E-state index is 0.0643. The second kappa shape index (κ2) is 10.6. The molecule has 31 heavy (non-hydrogen) atoms. The van der Waals surface area contributed by atoms with Gasteiger partial charge in [-0.3, -0.25) is 9.59 Å². The monoisotopic (exact) mass is 459 g/mol. The van der Waals surface area contributed by atoms with Gasteiger partial charge < -0.3 is 10.1 Å². The highest BCUT2D eigenvalue weighted by molar-refractivity contribution is 6.32. The van der Waals surface area contributed by atoms with Crippen molar-refractivity contribution in [3.05, 3.63) is 93.7 Å². The molecule has 3 aromatic rings. The van der Waals surface area contributed by atoms with Gasteiger partial charge in [0.1, 0.15) is 11.6 Å². The highest BCUT2D eigenvalue weighted by atomic mass is 35.5. The standard InChI is InChI=1S/C22H16Cl2FN3O3/c23-16-8-6-15(7-9-16)22(30)28-26-12-14-5-10-20(17(24)11-14)31-13-21(29)27-19-4-2-1-3-18(19)25/h1-12H,13H2,(H,27,29)(H,28,30)/b26-12+. The highest BCUT2D eigenvalue weighted by Gasteiger charge is 2.09. The molecule has 9 heteroatoms. The van der Waals surface area contributed by atoms with E-state index in [1.54, 1.807) is 48.5 Å². The number of anilines is 1. The molecule has 0 aromatic heterocycles. The van der Waals surface area contributed by atoms with Crippen LogP contribution in [-0.2, 0) is 4.79 Å². The fourth-order valence-electron chi connectivity index (χ4n) is 2.44. The number of nitrogens with one attached hydrogen (secondary N) is 2. The van der Waals surface area contributed by atoms with Crippen molar-refractivity contribution in [2.75, 3.05) is 11.9 Å². The second-order valence-corrected chi connectivity index (χ2v) is 7.06. The lowest BCUT2D eigenvalue weighted by atomic mass is 10.2. The first kappa shape index (κ1) is 22.3. The number of nitrogens with zero attached hydrogens (tertiary/aromatic N) is 1. The Morgan fingerprint density at radius 2 is 1.77 bits per heavy atom. The Morgan fingerprint density at radius 3 is 2.48 bits per heavy atom. The van der Waals surface area contributed by atoms with Crippen LogP contribution in [0.15, 0.2) is 71.8 Å². The summed E-state index contributed by atoms with van der Waals surface area (Å²) in [6, 6.07) is 17.0. The van der Waals surface area contributed by atoms with Crippen molar-refractivity contribution in [1.29, 1.82) is 0 Å². The number of carbonyl (C=O) groups is 2. The van der Waals surface area contributed by atoms with Gasteiger partial charge in [-0.05, 0) is 60.2 Å². The molecule has 2 amide bonds. The first-order valence-corrected chi connectivity index (χ1v) is 9.73. The number of benzene rings is 3. The van der Waals surface area contributed by atoms with Crippen molar-refractivity contribution in [3.63, 3.8) is 0 Å². The number of ether oxygens (including phenoxy) is 1. The van der Waals surface area contributed by atoms with E-state index in [4.69, 9.17) is 27.9 Å². The van der Waals surface area contributed by atoms with Crippen molar-refractivity contribution in [3.8, 4) is 5.75 Å². The van der Waals surface area contributed by atoms with Crippen LogP contribution in [0.3, 0.4) is 0 Å². The van der Waals surface area contributed by atoms with Crippen LogP contribution in [0.1, 0.15) is 15.9 Å². The molecule has 2 N–H and O–H groups in total. The lowest BCUT2D eigenvalue weighted by Gasteiger charge is -2.09. The molecule has 0 saturated carbocycles. The largest absolute Gasteiger partial charge is 0.482 e. The van der Waals surface area contributed by atoms with Gasteiger partial charge in [-0.1, -0.05) is 35.3 Å². The second-order valence-electron chi connectivity index (χ2n) is 6.21. The van der Waals surface area contributed by atoms with E-state index in [1.807, 2.05) is 0 Å². The molecule has 0 bridgehead atoms. The van der Waals surface area contributed by atoms with Crippen LogP contribution in [0.25, 0.3) is 0 Å². The van der Waals surface area contributed by atoms with Gasteiger partial charge in [-0.15, -0.1) is 0 Å². The lowest BCUT2D eigenvalue weighted by Crippen LogP contribution is -2.20. The van der Waals surface area contributed by atoms with E-state index in [1.165, 1.54) is 24.4 Å². The van der Waals surface area contributed by atoms with E-state index in [0.29, 0.717) is 16.1 Å². The zero-order chi connectivity index (χ0) is 22.2. The third-order valence-electron chi connectivity index (χ3n) is 3.95. The zero-order valence-corrected chi connectivity index (χ0v) is 17.5. The van der Waals surface area contributed by atoms with Crippen LogP contribution in [0.4, 0.5) is 10.1 Å². The topological polar surface area (TPSA) is 79.8 Å². The third-order valence-corrected chi connectivity index (χ3v) is 4.50. The molecule has 158 valence electrons. The zero-order valence-electron chi connectivity index (χ0n) is 15.9. The van der Waals surface area contributed by atoms with Gasteiger partial charge in [0.15, 0.2) is 6.61 Å². The Balaban J connectivity index is 1.52. The van der Waals surface area contributed by atoms with Crippen molar-refractivity contribution in [1.82, 2.24) is 5.43 Å². The maximum absolute atomic E-state index is 13.6. The number of para-hydroxylation sites is 1. The molecule has 0 aliphatic carbocycles. The summed E-state index contributed by atoms with van der Waals surface area (Å²) in [4.78, 5) is 23.9. The molecule has 6 nitrogen and oxygen atoms in total. The maximum Gasteiger partial charge on any atom is 0.271 e. The number of rotatable bonds is 7. The summed E-state index contributed by atoms with van der Waals surface area (Å²) in [7, 11) is 0. The number of hydrogen-bond acceptors (Lipinski definition) is 4. The normalized spacial score (nSPS) is 10.7. The van der Waals surface area contributed by atoms with E-state index >= 15 is 0 Å². The molecule has 0 saturated heterocycles. The summed E-state index contributed by atoms with van der Waals surface area (Å²) in [6.07, 6.45) is 1.41. The Hall–Kier alpha value is -3.42. The predicted octanol–water partition coefficient (Wildman–Crippen LogP) is 4.91. The van der Waals surface area contributed by atoms with Gasteiger partial charge in [0.2, 0.25) is 0 Å². The summed E-state index contributed by atoms with van der Waals surface area (Å²) in [5.41, 5.74) is 3.48. The predicted molar refractivity (Wildman–Crippen MR) is 118 cm³/mol. The fraction of sp³-hybridized carbons (Fsp3) is 0.0455. The van der Waals surface area contributed by atoms with Gasteiger partial charge >= 0.3 is 0 Å². The Kier molecular flexibility index (Phi) is 7.59. The van der Waals surface area contributed by atoms with Gasteiger partial charge in [0, 0.05) is 10.6 Å². The van der Waals surface area contributed by atoms with Crippen LogP contribution in [0, 0.1) is 5.82 Å². The van der Waals surface area contributed by atoms with Crippen LogP contribution in [0.5, 0.6) is 5.75 Å². The molecule has 3 rings (SSSR count). The van der Waals surface area contributed by atoms with E-state index < -0.39 is 11.7 Å². The average molecular weight is 460 g/mol. The summed E-state index contributed by atoms with van der Waals surface area (Å²) in [5, 5.41) is 7.07. The van der Waals surface area contributed by atoms with Crippen molar-refractivity contribution in [2.24, 2.45) is 5.10 Å². The molecule has 0 radical (unpaired) electrons. The molecule has 0 aliphatic heterocycles. The molecule has 0 atom stereocenters. The smallest absolute Gasteiger partial charge is 0.271 e. The van der Waals surface area contributed by atoms with Gasteiger partial charge in [0.25, 0.3) is 11.8 Å². The highest BCUT2D eigenvalue weighted by Crippen LogP contribution is 2.25. The minimum Gasteiger partial charge on any atom is -0.482 e. The van der Waals surface area contributed by atoms with Gasteiger partial charge in [-0.2, -0.15) is 5.10 Å². The van der Waals surface area contributed by atoms with Crippen LogP contribution in [0.2, 0.25) is 10.0 Å². The maximum atomic E-state index is 13.6. The van der Waals surface area contributed by atoms with Crippen LogP contribution < -0.4 is 15.5 Å². The molecule has 0 heterocycles. The van der Waals surface area contributed by atoms with Crippen LogP contribution >= 0.6 is 23.2 Å². The van der Waals surface area contributed by atoms with E-state index in [-0.39, 0.29) is 29.0 Å². The summed E-state index contributed by atoms with van der Waals surface area (Å²) >= 11 is 12.0.